The van der Waals surface area contributed by atoms with Crippen LogP contribution in [-0.4, -0.2) is 15.0 Å². The summed E-state index contributed by atoms with van der Waals surface area (Å²) in [6.45, 7) is 0. The molecule has 0 saturated heterocycles. The largest absolute Gasteiger partial charge is 0.457 e. The van der Waals surface area contributed by atoms with Crippen LogP contribution in [0.1, 0.15) is 27.8 Å². The van der Waals surface area contributed by atoms with E-state index in [-0.39, 0.29) is 0 Å². The van der Waals surface area contributed by atoms with Crippen LogP contribution in [0.15, 0.2) is 206 Å². The molecule has 272 valence electrons. The highest BCUT2D eigenvalue weighted by molar-refractivity contribution is 5.82. The predicted octanol–water partition coefficient (Wildman–Crippen LogP) is 12.6. The first-order valence-corrected chi connectivity index (χ1v) is 19.2. The molecule has 0 radical (unpaired) electrons. The first-order valence-electron chi connectivity index (χ1n) is 19.2. The summed E-state index contributed by atoms with van der Waals surface area (Å²) in [5.41, 5.74) is 11.3. The second-order valence-corrected chi connectivity index (χ2v) is 14.3. The number of ether oxygens (including phenoxy) is 1. The number of para-hydroxylation sites is 1. The number of hydrogen-bond donors (Lipinski definition) is 0. The lowest BCUT2D eigenvalue weighted by Crippen LogP contribution is -2.34. The van der Waals surface area contributed by atoms with Crippen molar-refractivity contribution < 1.29 is 4.74 Å². The molecular formula is C53H34N4O. The Hall–Kier alpha value is -7.94. The van der Waals surface area contributed by atoms with E-state index in [0.29, 0.717) is 23.0 Å². The number of hydrogen-bond acceptors (Lipinski definition) is 5. The maximum atomic E-state index is 9.46. The van der Waals surface area contributed by atoms with Crippen molar-refractivity contribution in [3.63, 3.8) is 0 Å². The normalized spacial score (nSPS) is 12.4. The van der Waals surface area contributed by atoms with Gasteiger partial charge in [-0.3, -0.25) is 0 Å². The monoisotopic (exact) mass is 742 g/mol. The summed E-state index contributed by atoms with van der Waals surface area (Å²) in [7, 11) is 0. The van der Waals surface area contributed by atoms with Crippen molar-refractivity contribution in [2.45, 2.75) is 5.41 Å². The van der Waals surface area contributed by atoms with Crippen LogP contribution in [0, 0.1) is 11.3 Å². The number of nitrogens with zero attached hydrogens (tertiary/aromatic N) is 4. The Morgan fingerprint density at radius 3 is 1.50 bits per heavy atom. The highest BCUT2D eigenvalue weighted by Crippen LogP contribution is 2.55. The van der Waals surface area contributed by atoms with Crippen LogP contribution in [0.2, 0.25) is 0 Å². The minimum atomic E-state index is -0.609. The molecule has 58 heavy (non-hydrogen) atoms. The lowest BCUT2D eigenvalue weighted by atomic mass is 9.63. The molecule has 2 heterocycles. The van der Waals surface area contributed by atoms with Crippen LogP contribution >= 0.6 is 0 Å². The fourth-order valence-electron chi connectivity index (χ4n) is 8.19. The van der Waals surface area contributed by atoms with E-state index in [1.165, 1.54) is 11.1 Å². The molecule has 1 aromatic heterocycles. The van der Waals surface area contributed by atoms with Gasteiger partial charge in [0.25, 0.3) is 0 Å². The molecule has 0 atom stereocenters. The van der Waals surface area contributed by atoms with E-state index in [9.17, 15) is 5.26 Å². The minimum Gasteiger partial charge on any atom is -0.457 e. The Balaban J connectivity index is 1.10. The van der Waals surface area contributed by atoms with E-state index in [2.05, 4.69) is 152 Å². The van der Waals surface area contributed by atoms with Crippen LogP contribution < -0.4 is 4.74 Å². The second kappa shape index (κ2) is 14.6. The molecular weight excluding hydrogens is 709 g/mol. The summed E-state index contributed by atoms with van der Waals surface area (Å²) in [6.07, 6.45) is 0. The Bertz CT molecular complexity index is 2920. The van der Waals surface area contributed by atoms with Gasteiger partial charge in [0.1, 0.15) is 11.5 Å². The average molecular weight is 743 g/mol. The summed E-state index contributed by atoms with van der Waals surface area (Å²) in [6, 6.07) is 72.8. The molecule has 1 aliphatic heterocycles. The molecule has 10 rings (SSSR count). The molecule has 0 amide bonds. The standard InChI is InChI=1S/C53H34N4O/c54-35-36-24-26-39(27-25-36)50-55-51(57-52(56-50)45-21-11-10-20-44(45)38-14-4-1-5-15-38)40-30-28-37(29-31-40)41-32-33-49-47(34-41)53(42-16-6-2-7-17-42,43-18-8-3-9-19-43)46-22-12-13-23-48(46)58-49/h1-34H. The Labute approximate surface area is 337 Å². The fourth-order valence-corrected chi connectivity index (χ4v) is 8.19. The zero-order valence-corrected chi connectivity index (χ0v) is 31.3. The van der Waals surface area contributed by atoms with Gasteiger partial charge in [0.05, 0.1) is 17.0 Å². The van der Waals surface area contributed by atoms with Gasteiger partial charge in [-0.15, -0.1) is 0 Å². The van der Waals surface area contributed by atoms with Crippen molar-refractivity contribution in [1.82, 2.24) is 15.0 Å². The van der Waals surface area contributed by atoms with Gasteiger partial charge in [-0.1, -0.05) is 164 Å². The van der Waals surface area contributed by atoms with Crippen LogP contribution in [0.4, 0.5) is 0 Å². The van der Waals surface area contributed by atoms with Gasteiger partial charge >= 0.3 is 0 Å². The molecule has 0 spiro atoms. The van der Waals surface area contributed by atoms with Gasteiger partial charge in [0.2, 0.25) is 0 Å². The fraction of sp³-hybridized carbons (Fsp3) is 0.0189. The maximum absolute atomic E-state index is 9.46. The molecule has 0 N–H and O–H groups in total. The van der Waals surface area contributed by atoms with Gasteiger partial charge < -0.3 is 4.74 Å². The topological polar surface area (TPSA) is 71.7 Å². The molecule has 0 unspecified atom stereocenters. The third-order valence-corrected chi connectivity index (χ3v) is 10.9. The summed E-state index contributed by atoms with van der Waals surface area (Å²) >= 11 is 0. The smallest absolute Gasteiger partial charge is 0.164 e. The van der Waals surface area contributed by atoms with E-state index in [0.717, 1.165) is 61.6 Å². The van der Waals surface area contributed by atoms with Crippen molar-refractivity contribution in [2.75, 3.05) is 0 Å². The predicted molar refractivity (Wildman–Crippen MR) is 230 cm³/mol. The molecule has 0 bridgehead atoms. The Kier molecular flexibility index (Phi) is 8.70. The number of benzene rings is 8. The van der Waals surface area contributed by atoms with E-state index >= 15 is 0 Å². The van der Waals surface area contributed by atoms with Crippen LogP contribution in [0.25, 0.3) is 56.4 Å². The molecule has 0 saturated carbocycles. The summed E-state index contributed by atoms with van der Waals surface area (Å²) in [5.74, 6) is 3.34. The van der Waals surface area contributed by atoms with Gasteiger partial charge in [-0.2, -0.15) is 5.26 Å². The number of rotatable bonds is 7. The molecule has 8 aromatic carbocycles. The Morgan fingerprint density at radius 1 is 0.379 bits per heavy atom. The first-order chi connectivity index (χ1) is 28.7. The Morgan fingerprint density at radius 2 is 0.862 bits per heavy atom. The summed E-state index contributed by atoms with van der Waals surface area (Å²) < 4.78 is 6.65. The maximum Gasteiger partial charge on any atom is 0.164 e. The highest BCUT2D eigenvalue weighted by Gasteiger charge is 2.45. The van der Waals surface area contributed by atoms with Gasteiger partial charge in [0.15, 0.2) is 17.5 Å². The summed E-state index contributed by atoms with van der Waals surface area (Å²) in [4.78, 5) is 15.1. The van der Waals surface area contributed by atoms with E-state index < -0.39 is 5.41 Å². The average Bonchev–Trinajstić information content (AvgIpc) is 3.31. The van der Waals surface area contributed by atoms with Crippen LogP contribution in [0.3, 0.4) is 0 Å². The zero-order valence-electron chi connectivity index (χ0n) is 31.3. The highest BCUT2D eigenvalue weighted by atomic mass is 16.5. The number of nitriles is 1. The second-order valence-electron chi connectivity index (χ2n) is 14.3. The van der Waals surface area contributed by atoms with Crippen molar-refractivity contribution in [3.05, 3.63) is 234 Å². The lowest BCUT2D eigenvalue weighted by molar-refractivity contribution is 0.434. The molecule has 1 aliphatic rings. The van der Waals surface area contributed by atoms with E-state index in [4.69, 9.17) is 19.7 Å². The number of fused-ring (bicyclic) bond motifs is 2. The third-order valence-electron chi connectivity index (χ3n) is 10.9. The zero-order chi connectivity index (χ0) is 38.9. The van der Waals surface area contributed by atoms with Crippen molar-refractivity contribution in [2.24, 2.45) is 0 Å². The molecule has 9 aromatic rings. The molecule has 0 fully saturated rings. The van der Waals surface area contributed by atoms with Crippen LogP contribution in [0.5, 0.6) is 11.5 Å². The van der Waals surface area contributed by atoms with E-state index in [1.807, 2.05) is 48.5 Å². The molecule has 0 aliphatic carbocycles. The number of aromatic nitrogens is 3. The van der Waals surface area contributed by atoms with Gasteiger partial charge in [0, 0.05) is 27.8 Å². The molecule has 5 nitrogen and oxygen atoms in total. The van der Waals surface area contributed by atoms with Gasteiger partial charge in [-0.25, -0.2) is 15.0 Å². The van der Waals surface area contributed by atoms with E-state index in [1.54, 1.807) is 12.1 Å². The van der Waals surface area contributed by atoms with Crippen molar-refractivity contribution >= 4 is 0 Å². The van der Waals surface area contributed by atoms with Crippen LogP contribution in [-0.2, 0) is 5.41 Å². The van der Waals surface area contributed by atoms with Crippen molar-refractivity contribution in [1.29, 1.82) is 5.26 Å². The molecule has 5 heteroatoms. The SMILES string of the molecule is N#Cc1ccc(-c2nc(-c3ccc(-c4ccc5c(c4)C(c4ccccc4)(c4ccccc4)c4ccccc4O5)cc3)nc(-c3ccccc3-c3ccccc3)n2)cc1. The lowest BCUT2D eigenvalue weighted by Gasteiger charge is -2.41. The minimum absolute atomic E-state index is 0.532. The quantitative estimate of drug-likeness (QED) is 0.163. The first kappa shape index (κ1) is 34.5. The summed E-state index contributed by atoms with van der Waals surface area (Å²) in [5, 5.41) is 9.46. The third kappa shape index (κ3) is 6.01. The van der Waals surface area contributed by atoms with Gasteiger partial charge in [-0.05, 0) is 75.8 Å². The van der Waals surface area contributed by atoms with Crippen molar-refractivity contribution in [3.8, 4) is 74.0 Å².